The normalized spacial score (nSPS) is 11.9. The first-order chi connectivity index (χ1) is 13.3. The molecule has 0 aromatic heterocycles. The third-order valence-corrected chi connectivity index (χ3v) is 4.36. The number of aryl methyl sites for hydroxylation is 2. The number of allylic oxidation sites excluding steroid dienone is 1. The fourth-order valence-corrected chi connectivity index (χ4v) is 2.65. The van der Waals surface area contributed by atoms with E-state index in [2.05, 4.69) is 0 Å². The molecular weight excluding hydrogens is 356 g/mol. The summed E-state index contributed by atoms with van der Waals surface area (Å²) < 4.78 is 16.0. The Labute approximate surface area is 165 Å². The van der Waals surface area contributed by atoms with Gasteiger partial charge in [0.2, 0.25) is 5.78 Å². The molecule has 5 nitrogen and oxygen atoms in total. The van der Waals surface area contributed by atoms with Crippen molar-refractivity contribution in [3.63, 3.8) is 0 Å². The van der Waals surface area contributed by atoms with Gasteiger partial charge >= 0.3 is 5.97 Å². The van der Waals surface area contributed by atoms with Crippen molar-refractivity contribution < 1.29 is 23.8 Å². The van der Waals surface area contributed by atoms with Crippen molar-refractivity contribution in [3.05, 3.63) is 64.7 Å². The van der Waals surface area contributed by atoms with Crippen molar-refractivity contribution >= 4 is 17.8 Å². The van der Waals surface area contributed by atoms with E-state index in [0.29, 0.717) is 17.1 Å². The molecule has 0 unspecified atom stereocenters. The Morgan fingerprint density at radius 2 is 1.79 bits per heavy atom. The zero-order valence-corrected chi connectivity index (χ0v) is 16.9. The number of esters is 1. The second-order valence-electron chi connectivity index (χ2n) is 6.49. The van der Waals surface area contributed by atoms with Gasteiger partial charge in [0.05, 0.1) is 7.11 Å². The Hall–Kier alpha value is -3.08. The molecule has 0 amide bonds. The number of carbonyl (C=O) groups excluding carboxylic acids is 2. The van der Waals surface area contributed by atoms with E-state index in [1.807, 2.05) is 51.1 Å². The van der Waals surface area contributed by atoms with Crippen molar-refractivity contribution in [1.29, 1.82) is 0 Å². The molecule has 28 heavy (non-hydrogen) atoms. The molecule has 0 aliphatic heterocycles. The van der Waals surface area contributed by atoms with Gasteiger partial charge in [0, 0.05) is 5.56 Å². The fraction of sp³-hybridized carbons (Fsp3) is 0.304. The minimum atomic E-state index is -0.892. The maximum atomic E-state index is 12.5. The summed E-state index contributed by atoms with van der Waals surface area (Å²) in [6.07, 6.45) is 2.96. The summed E-state index contributed by atoms with van der Waals surface area (Å²) >= 11 is 0. The molecule has 0 radical (unpaired) electrons. The maximum Gasteiger partial charge on any atom is 0.344 e. The van der Waals surface area contributed by atoms with Gasteiger partial charge < -0.3 is 14.2 Å². The van der Waals surface area contributed by atoms with Crippen LogP contribution >= 0.6 is 0 Å². The fourth-order valence-electron chi connectivity index (χ4n) is 2.65. The van der Waals surface area contributed by atoms with Gasteiger partial charge in [-0.2, -0.15) is 0 Å². The quantitative estimate of drug-likeness (QED) is 0.495. The Bertz CT molecular complexity index is 883. The monoisotopic (exact) mass is 382 g/mol. The summed E-state index contributed by atoms with van der Waals surface area (Å²) in [5.74, 6) is 0.0810. The Morgan fingerprint density at radius 3 is 2.43 bits per heavy atom. The van der Waals surface area contributed by atoms with Crippen LogP contribution in [0.15, 0.2) is 42.5 Å². The summed E-state index contributed by atoms with van der Waals surface area (Å²) in [6.45, 7) is 7.08. The van der Waals surface area contributed by atoms with Crippen molar-refractivity contribution in [2.45, 2.75) is 33.8 Å². The van der Waals surface area contributed by atoms with Crippen LogP contribution < -0.4 is 9.47 Å². The number of hydrogen-bond acceptors (Lipinski definition) is 5. The van der Waals surface area contributed by atoms with Gasteiger partial charge in [-0.15, -0.1) is 0 Å². The first-order valence-corrected chi connectivity index (χ1v) is 9.10. The molecule has 1 atom stereocenters. The van der Waals surface area contributed by atoms with Crippen LogP contribution in [-0.2, 0) is 9.53 Å². The Kier molecular flexibility index (Phi) is 7.38. The number of ketones is 1. The molecule has 2 rings (SSSR count). The van der Waals surface area contributed by atoms with Crippen LogP contribution in [0.2, 0.25) is 0 Å². The van der Waals surface area contributed by atoms with E-state index in [1.54, 1.807) is 25.1 Å². The molecule has 0 spiro atoms. The highest BCUT2D eigenvalue weighted by atomic mass is 16.6. The number of rotatable bonds is 8. The second-order valence-corrected chi connectivity index (χ2v) is 6.49. The highest BCUT2D eigenvalue weighted by molar-refractivity contribution is 6.00. The van der Waals surface area contributed by atoms with Gasteiger partial charge in [-0.25, -0.2) is 4.79 Å². The lowest BCUT2D eigenvalue weighted by Crippen LogP contribution is -2.27. The molecular formula is C23H26O5. The standard InChI is InChI=1S/C23H26O5/c1-6-7-18-9-11-20(21(13-18)26-5)27-14-22(24)28-17(4)23(25)19-10-8-15(2)16(3)12-19/h6-13,17H,14H2,1-5H3/b7-6+/t17-/m1/s1. The Balaban J connectivity index is 1.96. The van der Waals surface area contributed by atoms with E-state index in [0.717, 1.165) is 16.7 Å². The molecule has 0 aliphatic rings. The minimum absolute atomic E-state index is 0.246. The smallest absolute Gasteiger partial charge is 0.344 e. The van der Waals surface area contributed by atoms with Gasteiger partial charge in [0.1, 0.15) is 0 Å². The zero-order chi connectivity index (χ0) is 20.7. The van der Waals surface area contributed by atoms with E-state index in [9.17, 15) is 9.59 Å². The maximum absolute atomic E-state index is 12.5. The first-order valence-electron chi connectivity index (χ1n) is 9.10. The van der Waals surface area contributed by atoms with E-state index in [-0.39, 0.29) is 12.4 Å². The highest BCUT2D eigenvalue weighted by Crippen LogP contribution is 2.28. The van der Waals surface area contributed by atoms with Crippen LogP contribution in [0.3, 0.4) is 0 Å². The molecule has 5 heteroatoms. The predicted octanol–water partition coefficient (Wildman–Crippen LogP) is 4.54. The van der Waals surface area contributed by atoms with Crippen molar-refractivity contribution in [2.24, 2.45) is 0 Å². The summed E-state index contributed by atoms with van der Waals surface area (Å²) in [7, 11) is 1.53. The Morgan fingerprint density at radius 1 is 1.04 bits per heavy atom. The van der Waals surface area contributed by atoms with Crippen LogP contribution in [0.4, 0.5) is 0 Å². The number of carbonyl (C=O) groups is 2. The summed E-state index contributed by atoms with van der Waals surface area (Å²) in [5, 5.41) is 0. The van der Waals surface area contributed by atoms with Gasteiger partial charge in [0.25, 0.3) is 0 Å². The molecule has 0 saturated heterocycles. The van der Waals surface area contributed by atoms with Gasteiger partial charge in [-0.05, 0) is 62.6 Å². The number of Topliss-reactive ketones (excluding diaryl/α,β-unsaturated/α-hetero) is 1. The molecule has 0 fully saturated rings. The highest BCUT2D eigenvalue weighted by Gasteiger charge is 2.20. The third kappa shape index (κ3) is 5.46. The van der Waals surface area contributed by atoms with Crippen LogP contribution in [0.1, 0.15) is 40.9 Å². The second kappa shape index (κ2) is 9.74. The lowest BCUT2D eigenvalue weighted by atomic mass is 10.0. The van der Waals surface area contributed by atoms with Crippen molar-refractivity contribution in [1.82, 2.24) is 0 Å². The van der Waals surface area contributed by atoms with E-state index in [1.165, 1.54) is 7.11 Å². The predicted molar refractivity (Wildman–Crippen MR) is 109 cm³/mol. The molecule has 2 aromatic carbocycles. The van der Waals surface area contributed by atoms with Gasteiger partial charge in [-0.3, -0.25) is 4.79 Å². The number of hydrogen-bond donors (Lipinski definition) is 0. The number of benzene rings is 2. The molecule has 0 saturated carbocycles. The van der Waals surface area contributed by atoms with Crippen LogP contribution in [0, 0.1) is 13.8 Å². The summed E-state index contributed by atoms with van der Waals surface area (Å²) in [4.78, 5) is 24.6. The molecule has 148 valence electrons. The SMILES string of the molecule is C/C=C/c1ccc(OCC(=O)O[C@H](C)C(=O)c2ccc(C)c(C)c2)c(OC)c1. The molecule has 0 aliphatic carbocycles. The number of ether oxygens (including phenoxy) is 3. The van der Waals surface area contributed by atoms with Crippen molar-refractivity contribution in [2.75, 3.05) is 13.7 Å². The van der Waals surface area contributed by atoms with Gasteiger partial charge in [-0.1, -0.05) is 30.4 Å². The van der Waals surface area contributed by atoms with Crippen molar-refractivity contribution in [3.8, 4) is 11.5 Å². The molecule has 0 heterocycles. The topological polar surface area (TPSA) is 61.8 Å². The van der Waals surface area contributed by atoms with Gasteiger partial charge in [0.15, 0.2) is 24.2 Å². The van der Waals surface area contributed by atoms with Crippen LogP contribution in [0.5, 0.6) is 11.5 Å². The molecule has 0 bridgehead atoms. The largest absolute Gasteiger partial charge is 0.493 e. The van der Waals surface area contributed by atoms with E-state index in [4.69, 9.17) is 14.2 Å². The van der Waals surface area contributed by atoms with E-state index < -0.39 is 12.1 Å². The van der Waals surface area contributed by atoms with E-state index >= 15 is 0 Å². The minimum Gasteiger partial charge on any atom is -0.493 e. The number of methoxy groups -OCH3 is 1. The average Bonchev–Trinajstić information content (AvgIpc) is 2.68. The van der Waals surface area contributed by atoms with Crippen LogP contribution in [-0.4, -0.2) is 31.6 Å². The lowest BCUT2D eigenvalue weighted by molar-refractivity contribution is -0.148. The molecule has 2 aromatic rings. The van der Waals surface area contributed by atoms with Crippen LogP contribution in [0.25, 0.3) is 6.08 Å². The summed E-state index contributed by atoms with van der Waals surface area (Å²) in [6, 6.07) is 10.8. The summed E-state index contributed by atoms with van der Waals surface area (Å²) in [5.41, 5.74) is 3.60. The first kappa shape index (κ1) is 21.2. The molecule has 0 N–H and O–H groups in total. The zero-order valence-electron chi connectivity index (χ0n) is 16.9. The lowest BCUT2D eigenvalue weighted by Gasteiger charge is -2.14. The third-order valence-electron chi connectivity index (χ3n) is 4.36. The average molecular weight is 382 g/mol.